The Morgan fingerprint density at radius 2 is 2.04 bits per heavy atom. The summed E-state index contributed by atoms with van der Waals surface area (Å²) in [5.74, 6) is -0.433. The molecule has 154 valence electrons. The third-order valence-corrected chi connectivity index (χ3v) is 4.57. The number of nitrogens with zero attached hydrogens (tertiary/aromatic N) is 1. The van der Waals surface area contributed by atoms with Crippen molar-refractivity contribution in [1.29, 1.82) is 0 Å². The molecule has 8 nitrogen and oxygen atoms in total. The molecule has 0 aliphatic carbocycles. The summed E-state index contributed by atoms with van der Waals surface area (Å²) in [6.07, 6.45) is 1.61. The largest absolute Gasteiger partial charge is 0.495 e. The van der Waals surface area contributed by atoms with Crippen LogP contribution < -0.4 is 15.4 Å². The zero-order chi connectivity index (χ0) is 20.5. The summed E-state index contributed by atoms with van der Waals surface area (Å²) < 4.78 is 10.3. The zero-order valence-corrected chi connectivity index (χ0v) is 16.7. The predicted molar refractivity (Wildman–Crippen MR) is 105 cm³/mol. The summed E-state index contributed by atoms with van der Waals surface area (Å²) in [5.41, 5.74) is 1.55. The van der Waals surface area contributed by atoms with E-state index >= 15 is 0 Å². The lowest BCUT2D eigenvalue weighted by atomic mass is 9.98. The molecule has 2 rings (SSSR count). The topological polar surface area (TPSA) is 97.0 Å². The highest BCUT2D eigenvalue weighted by Crippen LogP contribution is 2.25. The first-order valence-electron chi connectivity index (χ1n) is 9.53. The van der Waals surface area contributed by atoms with Gasteiger partial charge in [-0.15, -0.1) is 0 Å². The van der Waals surface area contributed by atoms with Crippen LogP contribution in [0.5, 0.6) is 5.75 Å². The van der Waals surface area contributed by atoms with Crippen molar-refractivity contribution in [2.75, 3.05) is 45.2 Å². The Kier molecular flexibility index (Phi) is 8.25. The molecule has 1 fully saturated rings. The van der Waals surface area contributed by atoms with Gasteiger partial charge in [-0.05, 0) is 50.9 Å². The highest BCUT2D eigenvalue weighted by Gasteiger charge is 2.27. The van der Waals surface area contributed by atoms with Crippen molar-refractivity contribution in [2.45, 2.75) is 26.7 Å². The molecular weight excluding hydrogens is 362 g/mol. The van der Waals surface area contributed by atoms with Crippen LogP contribution in [0.3, 0.4) is 0 Å². The van der Waals surface area contributed by atoms with Crippen molar-refractivity contribution < 1.29 is 23.9 Å². The molecule has 0 spiro atoms. The lowest BCUT2D eigenvalue weighted by molar-refractivity contribution is -0.150. The van der Waals surface area contributed by atoms with Gasteiger partial charge in [0.2, 0.25) is 11.8 Å². The smallest absolute Gasteiger partial charge is 0.310 e. The number of carbonyl (C=O) groups is 3. The van der Waals surface area contributed by atoms with E-state index in [4.69, 9.17) is 9.47 Å². The molecule has 0 unspecified atom stereocenters. The minimum absolute atomic E-state index is 0.134. The summed E-state index contributed by atoms with van der Waals surface area (Å²) in [5, 5.41) is 5.37. The number of rotatable bonds is 8. The van der Waals surface area contributed by atoms with Gasteiger partial charge in [0.25, 0.3) is 0 Å². The van der Waals surface area contributed by atoms with Gasteiger partial charge in [0, 0.05) is 6.54 Å². The number of piperidine rings is 1. The van der Waals surface area contributed by atoms with E-state index < -0.39 is 0 Å². The number of anilines is 1. The van der Waals surface area contributed by atoms with Crippen LogP contribution in [0, 0.1) is 12.8 Å². The van der Waals surface area contributed by atoms with Crippen molar-refractivity contribution >= 4 is 23.5 Å². The predicted octanol–water partition coefficient (Wildman–Crippen LogP) is 1.33. The van der Waals surface area contributed by atoms with E-state index in [1.807, 2.05) is 24.0 Å². The number of amides is 2. The van der Waals surface area contributed by atoms with Crippen LogP contribution in [-0.2, 0) is 19.1 Å². The molecule has 1 atom stereocenters. The van der Waals surface area contributed by atoms with Gasteiger partial charge in [0.1, 0.15) is 5.75 Å². The van der Waals surface area contributed by atoms with Gasteiger partial charge in [0.05, 0.1) is 38.4 Å². The summed E-state index contributed by atoms with van der Waals surface area (Å²) in [7, 11) is 1.53. The third-order valence-electron chi connectivity index (χ3n) is 4.57. The van der Waals surface area contributed by atoms with E-state index in [-0.39, 0.29) is 36.8 Å². The minimum Gasteiger partial charge on any atom is -0.495 e. The van der Waals surface area contributed by atoms with E-state index in [0.29, 0.717) is 24.6 Å². The van der Waals surface area contributed by atoms with Gasteiger partial charge < -0.3 is 20.1 Å². The third kappa shape index (κ3) is 6.53. The van der Waals surface area contributed by atoms with E-state index in [0.717, 1.165) is 24.9 Å². The van der Waals surface area contributed by atoms with Crippen molar-refractivity contribution in [2.24, 2.45) is 5.92 Å². The number of methoxy groups -OCH3 is 1. The molecule has 1 aromatic rings. The number of esters is 1. The van der Waals surface area contributed by atoms with Crippen molar-refractivity contribution in [3.8, 4) is 5.75 Å². The molecule has 0 saturated carbocycles. The molecule has 1 heterocycles. The van der Waals surface area contributed by atoms with Gasteiger partial charge in [-0.25, -0.2) is 0 Å². The summed E-state index contributed by atoms with van der Waals surface area (Å²) in [6, 6.07) is 5.47. The second-order valence-electron chi connectivity index (χ2n) is 6.85. The Balaban J connectivity index is 1.78. The fourth-order valence-electron chi connectivity index (χ4n) is 3.20. The number of aryl methyl sites for hydroxylation is 1. The van der Waals surface area contributed by atoms with Crippen LogP contribution in [0.15, 0.2) is 18.2 Å². The first-order chi connectivity index (χ1) is 13.4. The first-order valence-corrected chi connectivity index (χ1v) is 9.53. The molecular formula is C20H29N3O5. The molecule has 0 radical (unpaired) electrons. The van der Waals surface area contributed by atoms with E-state index in [1.54, 1.807) is 13.0 Å². The average molecular weight is 391 g/mol. The highest BCUT2D eigenvalue weighted by molar-refractivity contribution is 5.96. The van der Waals surface area contributed by atoms with Crippen LogP contribution >= 0.6 is 0 Å². The Hall–Kier alpha value is -2.61. The van der Waals surface area contributed by atoms with Gasteiger partial charge >= 0.3 is 5.97 Å². The van der Waals surface area contributed by atoms with Gasteiger partial charge in [0.15, 0.2) is 0 Å². The second-order valence-corrected chi connectivity index (χ2v) is 6.85. The molecule has 0 bridgehead atoms. The normalized spacial score (nSPS) is 16.9. The van der Waals surface area contributed by atoms with Crippen LogP contribution in [-0.4, -0.2) is 62.6 Å². The van der Waals surface area contributed by atoms with Crippen LogP contribution in [0.25, 0.3) is 0 Å². The maximum absolute atomic E-state index is 12.2. The van der Waals surface area contributed by atoms with Crippen LogP contribution in [0.1, 0.15) is 25.3 Å². The van der Waals surface area contributed by atoms with Gasteiger partial charge in [-0.2, -0.15) is 0 Å². The number of carbonyl (C=O) groups excluding carboxylic acids is 3. The Morgan fingerprint density at radius 1 is 1.25 bits per heavy atom. The molecule has 1 aliphatic heterocycles. The Morgan fingerprint density at radius 3 is 2.75 bits per heavy atom. The van der Waals surface area contributed by atoms with Crippen molar-refractivity contribution in [3.05, 3.63) is 23.8 Å². The fourth-order valence-corrected chi connectivity index (χ4v) is 3.20. The number of ether oxygens (including phenoxy) is 2. The number of likely N-dealkylation sites (tertiary alicyclic amines) is 1. The average Bonchev–Trinajstić information content (AvgIpc) is 2.67. The molecule has 1 aliphatic rings. The quantitative estimate of drug-likeness (QED) is 0.649. The zero-order valence-electron chi connectivity index (χ0n) is 16.7. The molecule has 0 aromatic heterocycles. The standard InChI is InChI=1S/C20H29N3O5/c1-4-28-20(26)15-6-5-9-23(12-15)13-19(25)21-11-18(24)22-16-10-14(2)7-8-17(16)27-3/h7-8,10,15H,4-6,9,11-13H2,1-3H3,(H,21,25)(H,22,24)/t15-/m0/s1. The maximum atomic E-state index is 12.2. The summed E-state index contributed by atoms with van der Waals surface area (Å²) >= 11 is 0. The molecule has 8 heteroatoms. The molecule has 1 aromatic carbocycles. The van der Waals surface area contributed by atoms with Crippen molar-refractivity contribution in [3.63, 3.8) is 0 Å². The number of nitrogens with one attached hydrogen (secondary N) is 2. The molecule has 28 heavy (non-hydrogen) atoms. The fraction of sp³-hybridized carbons (Fsp3) is 0.550. The van der Waals surface area contributed by atoms with Crippen molar-refractivity contribution in [1.82, 2.24) is 10.2 Å². The SMILES string of the molecule is CCOC(=O)[C@H]1CCCN(CC(=O)NCC(=O)Nc2cc(C)ccc2OC)C1. The van der Waals surface area contributed by atoms with Crippen LogP contribution in [0.2, 0.25) is 0 Å². The Labute approximate surface area is 165 Å². The molecule has 2 amide bonds. The first kappa shape index (κ1) is 21.7. The van der Waals surface area contributed by atoms with Crippen LogP contribution in [0.4, 0.5) is 5.69 Å². The monoisotopic (exact) mass is 391 g/mol. The molecule has 1 saturated heterocycles. The van der Waals surface area contributed by atoms with E-state index in [9.17, 15) is 14.4 Å². The number of hydrogen-bond acceptors (Lipinski definition) is 6. The summed E-state index contributed by atoms with van der Waals surface area (Å²) in [6.45, 7) is 5.32. The lowest BCUT2D eigenvalue weighted by Gasteiger charge is -2.30. The lowest BCUT2D eigenvalue weighted by Crippen LogP contribution is -2.45. The van der Waals surface area contributed by atoms with E-state index in [2.05, 4.69) is 10.6 Å². The minimum atomic E-state index is -0.333. The highest BCUT2D eigenvalue weighted by atomic mass is 16.5. The van der Waals surface area contributed by atoms with E-state index in [1.165, 1.54) is 7.11 Å². The number of benzene rings is 1. The summed E-state index contributed by atoms with van der Waals surface area (Å²) in [4.78, 5) is 38.1. The second kappa shape index (κ2) is 10.7. The van der Waals surface area contributed by atoms with Gasteiger partial charge in [-0.1, -0.05) is 6.07 Å². The maximum Gasteiger partial charge on any atom is 0.310 e. The number of hydrogen-bond donors (Lipinski definition) is 2. The van der Waals surface area contributed by atoms with Gasteiger partial charge in [-0.3, -0.25) is 19.3 Å². The Bertz CT molecular complexity index is 707. The molecule has 2 N–H and O–H groups in total.